The topological polar surface area (TPSA) is 20.3 Å². The van der Waals surface area contributed by atoms with Crippen molar-refractivity contribution in [3.63, 3.8) is 0 Å². The molecule has 0 N–H and O–H groups in total. The molecule has 2 nitrogen and oxygen atoms in total. The van der Waals surface area contributed by atoms with Crippen LogP contribution in [0.2, 0.25) is 0 Å². The molecule has 1 amide bonds. The maximum Gasteiger partial charge on any atom is 0.222 e. The Morgan fingerprint density at radius 2 is 1.82 bits per heavy atom. The third-order valence-electron chi connectivity index (χ3n) is 4.40. The van der Waals surface area contributed by atoms with Gasteiger partial charge in [-0.05, 0) is 31.6 Å². The van der Waals surface area contributed by atoms with Crippen molar-refractivity contribution in [2.45, 2.75) is 78.7 Å². The Balaban J connectivity index is 2.43. The Bertz CT molecular complexity index is 241. The van der Waals surface area contributed by atoms with E-state index in [2.05, 4.69) is 32.6 Å². The highest BCUT2D eigenvalue weighted by molar-refractivity contribution is 5.76. The Labute approximate surface area is 107 Å². The van der Waals surface area contributed by atoms with Gasteiger partial charge in [0.05, 0.1) is 0 Å². The molecular weight excluding hydrogens is 210 g/mol. The molecule has 1 rings (SSSR count). The van der Waals surface area contributed by atoms with Crippen LogP contribution in [-0.2, 0) is 4.79 Å². The highest BCUT2D eigenvalue weighted by Gasteiger charge is 2.26. The van der Waals surface area contributed by atoms with E-state index in [9.17, 15) is 4.79 Å². The van der Waals surface area contributed by atoms with Crippen LogP contribution < -0.4 is 0 Å². The van der Waals surface area contributed by atoms with Gasteiger partial charge in [0.15, 0.2) is 0 Å². The van der Waals surface area contributed by atoms with Crippen LogP contribution in [0.4, 0.5) is 0 Å². The van der Waals surface area contributed by atoms with Gasteiger partial charge < -0.3 is 4.90 Å². The summed E-state index contributed by atoms with van der Waals surface area (Å²) in [6, 6.07) is 0.539. The van der Waals surface area contributed by atoms with Crippen molar-refractivity contribution < 1.29 is 4.79 Å². The van der Waals surface area contributed by atoms with E-state index >= 15 is 0 Å². The lowest BCUT2D eigenvalue weighted by Gasteiger charge is -2.29. The molecule has 0 atom stereocenters. The normalized spacial score (nSPS) is 17.4. The summed E-state index contributed by atoms with van der Waals surface area (Å²) in [6.45, 7) is 9.72. The first kappa shape index (κ1) is 14.5. The molecule has 0 aromatic carbocycles. The second kappa shape index (κ2) is 6.42. The Kier molecular flexibility index (Phi) is 5.48. The standard InChI is InChI=1S/C15H29NO/c1-5-15(3,4)12-11-14(17)16(6-2)13-9-7-8-10-13/h13H,5-12H2,1-4H3. The van der Waals surface area contributed by atoms with Crippen molar-refractivity contribution >= 4 is 5.91 Å². The molecule has 2 heteroatoms. The number of hydrogen-bond donors (Lipinski definition) is 0. The minimum Gasteiger partial charge on any atom is -0.340 e. The molecule has 1 saturated carbocycles. The first-order valence-corrected chi connectivity index (χ1v) is 7.29. The first-order valence-electron chi connectivity index (χ1n) is 7.29. The quantitative estimate of drug-likeness (QED) is 0.686. The number of hydrogen-bond acceptors (Lipinski definition) is 1. The molecule has 0 aromatic heterocycles. The minimum absolute atomic E-state index is 0.310. The van der Waals surface area contributed by atoms with Gasteiger partial charge in [0.2, 0.25) is 5.91 Å². The summed E-state index contributed by atoms with van der Waals surface area (Å²) in [6.07, 6.45) is 7.93. The van der Waals surface area contributed by atoms with Crippen LogP contribution in [0.3, 0.4) is 0 Å². The summed E-state index contributed by atoms with van der Waals surface area (Å²) in [5.41, 5.74) is 0.310. The molecule has 0 saturated heterocycles. The maximum atomic E-state index is 12.2. The SMILES string of the molecule is CCN(C(=O)CCC(C)(C)CC)C1CCCC1. The predicted octanol–water partition coefficient (Wildman–Crippen LogP) is 3.99. The lowest BCUT2D eigenvalue weighted by atomic mass is 9.85. The fourth-order valence-electron chi connectivity index (χ4n) is 2.62. The van der Waals surface area contributed by atoms with Crippen molar-refractivity contribution in [1.29, 1.82) is 0 Å². The summed E-state index contributed by atoms with van der Waals surface area (Å²) in [7, 11) is 0. The predicted molar refractivity (Wildman–Crippen MR) is 72.9 cm³/mol. The third-order valence-corrected chi connectivity index (χ3v) is 4.40. The van der Waals surface area contributed by atoms with Gasteiger partial charge in [-0.25, -0.2) is 0 Å². The van der Waals surface area contributed by atoms with Crippen molar-refractivity contribution in [2.75, 3.05) is 6.54 Å². The van der Waals surface area contributed by atoms with Gasteiger partial charge in [-0.3, -0.25) is 4.79 Å². The van der Waals surface area contributed by atoms with Crippen LogP contribution in [0.15, 0.2) is 0 Å². The molecule has 0 bridgehead atoms. The van der Waals surface area contributed by atoms with Gasteiger partial charge in [0, 0.05) is 19.0 Å². The zero-order chi connectivity index (χ0) is 12.9. The van der Waals surface area contributed by atoms with E-state index in [1.54, 1.807) is 0 Å². The van der Waals surface area contributed by atoms with Gasteiger partial charge in [-0.1, -0.05) is 40.0 Å². The number of rotatable bonds is 6. The molecule has 17 heavy (non-hydrogen) atoms. The van der Waals surface area contributed by atoms with Crippen LogP contribution in [0.25, 0.3) is 0 Å². The average molecular weight is 239 g/mol. The lowest BCUT2D eigenvalue weighted by Crippen LogP contribution is -2.38. The van der Waals surface area contributed by atoms with Crippen molar-refractivity contribution in [1.82, 2.24) is 4.90 Å². The van der Waals surface area contributed by atoms with E-state index in [1.165, 1.54) is 25.7 Å². The number of carbonyl (C=O) groups excluding carboxylic acids is 1. The molecule has 0 aliphatic heterocycles. The monoisotopic (exact) mass is 239 g/mol. The summed E-state index contributed by atoms with van der Waals surface area (Å²) < 4.78 is 0. The van der Waals surface area contributed by atoms with Gasteiger partial charge in [-0.15, -0.1) is 0 Å². The highest BCUT2D eigenvalue weighted by Crippen LogP contribution is 2.28. The largest absolute Gasteiger partial charge is 0.340 e. The third kappa shape index (κ3) is 4.33. The number of carbonyl (C=O) groups is 1. The van der Waals surface area contributed by atoms with Crippen LogP contribution in [-0.4, -0.2) is 23.4 Å². The Morgan fingerprint density at radius 3 is 2.29 bits per heavy atom. The Hall–Kier alpha value is -0.530. The smallest absolute Gasteiger partial charge is 0.222 e. The van der Waals surface area contributed by atoms with E-state index in [0.717, 1.165) is 25.8 Å². The second-order valence-electron chi connectivity index (χ2n) is 6.14. The van der Waals surface area contributed by atoms with Gasteiger partial charge >= 0.3 is 0 Å². The van der Waals surface area contributed by atoms with Crippen molar-refractivity contribution in [2.24, 2.45) is 5.41 Å². The zero-order valence-electron chi connectivity index (χ0n) is 12.1. The van der Waals surface area contributed by atoms with Crippen LogP contribution in [0, 0.1) is 5.41 Å². The number of amides is 1. The molecule has 1 aliphatic rings. The molecule has 1 aliphatic carbocycles. The van der Waals surface area contributed by atoms with Crippen molar-refractivity contribution in [3.05, 3.63) is 0 Å². The summed E-state index contributed by atoms with van der Waals surface area (Å²) in [4.78, 5) is 14.4. The molecule has 0 heterocycles. The zero-order valence-corrected chi connectivity index (χ0v) is 12.1. The van der Waals surface area contributed by atoms with Crippen LogP contribution in [0.5, 0.6) is 0 Å². The maximum absolute atomic E-state index is 12.2. The van der Waals surface area contributed by atoms with E-state index < -0.39 is 0 Å². The van der Waals surface area contributed by atoms with Crippen LogP contribution in [0.1, 0.15) is 72.6 Å². The number of nitrogens with zero attached hydrogens (tertiary/aromatic N) is 1. The molecule has 0 radical (unpaired) electrons. The lowest BCUT2D eigenvalue weighted by molar-refractivity contribution is -0.133. The molecule has 0 aromatic rings. The summed E-state index contributed by atoms with van der Waals surface area (Å²) in [5, 5.41) is 0. The van der Waals surface area contributed by atoms with E-state index in [0.29, 0.717) is 17.4 Å². The second-order valence-corrected chi connectivity index (χ2v) is 6.14. The van der Waals surface area contributed by atoms with Gasteiger partial charge in [-0.2, -0.15) is 0 Å². The highest BCUT2D eigenvalue weighted by atomic mass is 16.2. The molecule has 100 valence electrons. The average Bonchev–Trinajstić information content (AvgIpc) is 2.81. The minimum atomic E-state index is 0.310. The summed E-state index contributed by atoms with van der Waals surface area (Å²) >= 11 is 0. The van der Waals surface area contributed by atoms with E-state index in [4.69, 9.17) is 0 Å². The fraction of sp³-hybridized carbons (Fsp3) is 0.933. The molecular formula is C15H29NO. The first-order chi connectivity index (χ1) is 8.00. The van der Waals surface area contributed by atoms with Gasteiger partial charge in [0.25, 0.3) is 0 Å². The molecule has 1 fully saturated rings. The summed E-state index contributed by atoms with van der Waals surface area (Å²) in [5.74, 6) is 0.376. The van der Waals surface area contributed by atoms with Crippen LogP contribution >= 0.6 is 0 Å². The molecule has 0 spiro atoms. The van der Waals surface area contributed by atoms with Crippen molar-refractivity contribution in [3.8, 4) is 0 Å². The Morgan fingerprint density at radius 1 is 1.24 bits per heavy atom. The van der Waals surface area contributed by atoms with E-state index in [-0.39, 0.29) is 0 Å². The van der Waals surface area contributed by atoms with E-state index in [1.807, 2.05) is 0 Å². The van der Waals surface area contributed by atoms with Gasteiger partial charge in [0.1, 0.15) is 0 Å². The fourth-order valence-corrected chi connectivity index (χ4v) is 2.62. The molecule has 0 unspecified atom stereocenters.